The fourth-order valence-electron chi connectivity index (χ4n) is 2.79. The van der Waals surface area contributed by atoms with Crippen molar-refractivity contribution in [3.63, 3.8) is 0 Å². The average molecular weight is 394 g/mol. The summed E-state index contributed by atoms with van der Waals surface area (Å²) >= 11 is 0. The SMILES string of the molecule is C=C(C)CCCCCCC(=C)NC.C=C/C(=C\C(C)=C/C)CCc1ccccc1. The molecular formula is C28H43N. The van der Waals surface area contributed by atoms with Crippen LogP contribution in [0.15, 0.2) is 90.7 Å². The molecule has 0 saturated carbocycles. The lowest BCUT2D eigenvalue weighted by molar-refractivity contribution is 0.628. The van der Waals surface area contributed by atoms with Crippen LogP contribution in [0.1, 0.15) is 71.3 Å². The van der Waals surface area contributed by atoms with Crippen LogP contribution in [-0.2, 0) is 6.42 Å². The van der Waals surface area contributed by atoms with Crippen LogP contribution in [0.2, 0.25) is 0 Å². The molecule has 0 aliphatic rings. The highest BCUT2D eigenvalue weighted by Gasteiger charge is 1.95. The van der Waals surface area contributed by atoms with Crippen LogP contribution in [0.4, 0.5) is 0 Å². The van der Waals surface area contributed by atoms with Gasteiger partial charge in [0.05, 0.1) is 0 Å². The molecule has 1 aromatic rings. The highest BCUT2D eigenvalue weighted by molar-refractivity contribution is 5.29. The predicted octanol–water partition coefficient (Wildman–Crippen LogP) is 8.33. The van der Waals surface area contributed by atoms with Crippen molar-refractivity contribution in [1.82, 2.24) is 5.32 Å². The Balaban J connectivity index is 0.000000555. The van der Waals surface area contributed by atoms with Crippen LogP contribution >= 0.6 is 0 Å². The van der Waals surface area contributed by atoms with Gasteiger partial charge in [0.25, 0.3) is 0 Å². The van der Waals surface area contributed by atoms with Gasteiger partial charge in [-0.15, -0.1) is 6.58 Å². The Bertz CT molecular complexity index is 646. The number of unbranched alkanes of at least 4 members (excludes halogenated alkanes) is 3. The van der Waals surface area contributed by atoms with Crippen LogP contribution in [0.5, 0.6) is 0 Å². The first kappa shape index (κ1) is 26.7. The van der Waals surface area contributed by atoms with Crippen LogP contribution in [0, 0.1) is 0 Å². The van der Waals surface area contributed by atoms with Crippen LogP contribution in [0.3, 0.4) is 0 Å². The second kappa shape index (κ2) is 17.8. The van der Waals surface area contributed by atoms with Gasteiger partial charge in [-0.1, -0.05) is 85.7 Å². The van der Waals surface area contributed by atoms with Crippen molar-refractivity contribution in [3.8, 4) is 0 Å². The topological polar surface area (TPSA) is 12.0 Å². The number of nitrogens with one attached hydrogen (secondary N) is 1. The number of hydrogen-bond donors (Lipinski definition) is 1. The maximum atomic E-state index is 3.89. The third kappa shape index (κ3) is 16.4. The van der Waals surface area contributed by atoms with E-state index in [1.165, 1.54) is 54.4 Å². The molecule has 1 heteroatoms. The van der Waals surface area contributed by atoms with E-state index < -0.39 is 0 Å². The third-order valence-electron chi connectivity index (χ3n) is 4.86. The molecule has 0 radical (unpaired) electrons. The quantitative estimate of drug-likeness (QED) is 0.202. The average Bonchev–Trinajstić information content (AvgIpc) is 2.74. The molecule has 0 saturated heterocycles. The minimum atomic E-state index is 1.05. The molecule has 0 aliphatic heterocycles. The number of benzene rings is 1. The first-order chi connectivity index (χ1) is 13.9. The normalized spacial score (nSPS) is 11.3. The molecule has 0 fully saturated rings. The predicted molar refractivity (Wildman–Crippen MR) is 133 cm³/mol. The molecule has 0 heterocycles. The molecule has 0 amide bonds. The fraction of sp³-hybridized carbons (Fsp3) is 0.429. The van der Waals surface area contributed by atoms with Crippen LogP contribution in [0.25, 0.3) is 0 Å². The van der Waals surface area contributed by atoms with Crippen molar-refractivity contribution in [2.75, 3.05) is 7.05 Å². The Morgan fingerprint density at radius 2 is 1.55 bits per heavy atom. The van der Waals surface area contributed by atoms with Crippen LogP contribution in [-0.4, -0.2) is 7.05 Å². The molecule has 0 aliphatic carbocycles. The van der Waals surface area contributed by atoms with Gasteiger partial charge in [-0.2, -0.15) is 0 Å². The fourth-order valence-corrected chi connectivity index (χ4v) is 2.79. The number of allylic oxidation sites excluding steroid dienone is 7. The lowest BCUT2D eigenvalue weighted by Gasteiger charge is -2.04. The number of aryl methyl sites for hydroxylation is 1. The summed E-state index contributed by atoms with van der Waals surface area (Å²) in [4.78, 5) is 0. The van der Waals surface area contributed by atoms with Gasteiger partial charge in [-0.05, 0) is 70.4 Å². The van der Waals surface area contributed by atoms with Gasteiger partial charge >= 0.3 is 0 Å². The summed E-state index contributed by atoms with van der Waals surface area (Å²) in [6, 6.07) is 10.6. The Morgan fingerprint density at radius 3 is 2.07 bits per heavy atom. The van der Waals surface area contributed by atoms with E-state index in [0.717, 1.165) is 25.0 Å². The van der Waals surface area contributed by atoms with Crippen molar-refractivity contribution >= 4 is 0 Å². The molecule has 0 spiro atoms. The first-order valence-electron chi connectivity index (χ1n) is 10.9. The standard InChI is InChI=1S/C16H20.C12H23N/c1-4-14(3)13-15(5-2)11-12-16-9-7-6-8-10-16;1-11(2)9-7-5-6-8-10-12(3)13-4/h4-10,13H,2,11-12H2,1,3H3;13H,1,3,5-10H2,2,4H3/b14-4-,15-13+;. The molecule has 1 N–H and O–H groups in total. The van der Waals surface area contributed by atoms with Crippen molar-refractivity contribution in [2.24, 2.45) is 0 Å². The lowest BCUT2D eigenvalue weighted by Crippen LogP contribution is -2.03. The zero-order valence-electron chi connectivity index (χ0n) is 19.4. The van der Waals surface area contributed by atoms with Gasteiger partial charge in [0.15, 0.2) is 0 Å². The highest BCUT2D eigenvalue weighted by Crippen LogP contribution is 2.12. The summed E-state index contributed by atoms with van der Waals surface area (Å²) in [7, 11) is 1.93. The number of hydrogen-bond acceptors (Lipinski definition) is 1. The van der Waals surface area contributed by atoms with E-state index in [9.17, 15) is 0 Å². The summed E-state index contributed by atoms with van der Waals surface area (Å²) < 4.78 is 0. The largest absolute Gasteiger partial charge is 0.392 e. The molecule has 1 aromatic carbocycles. The van der Waals surface area contributed by atoms with Gasteiger partial charge in [-0.25, -0.2) is 0 Å². The van der Waals surface area contributed by atoms with Gasteiger partial charge in [0.1, 0.15) is 0 Å². The van der Waals surface area contributed by atoms with Crippen molar-refractivity contribution in [3.05, 3.63) is 96.3 Å². The molecule has 160 valence electrons. The summed E-state index contributed by atoms with van der Waals surface area (Å²) in [5.74, 6) is 0. The van der Waals surface area contributed by atoms with E-state index in [4.69, 9.17) is 0 Å². The van der Waals surface area contributed by atoms with Gasteiger partial charge in [-0.3, -0.25) is 0 Å². The second-order valence-electron chi connectivity index (χ2n) is 7.67. The lowest BCUT2D eigenvalue weighted by atomic mass is 10.0. The molecule has 29 heavy (non-hydrogen) atoms. The Hall–Kier alpha value is -2.28. The zero-order valence-corrected chi connectivity index (χ0v) is 19.4. The van der Waals surface area contributed by atoms with E-state index in [1.807, 2.05) is 13.1 Å². The zero-order chi connectivity index (χ0) is 21.9. The maximum Gasteiger partial charge on any atom is 0.00310 e. The van der Waals surface area contributed by atoms with E-state index in [1.54, 1.807) is 0 Å². The maximum absolute atomic E-state index is 3.89. The number of rotatable bonds is 13. The van der Waals surface area contributed by atoms with E-state index in [0.29, 0.717) is 0 Å². The van der Waals surface area contributed by atoms with Gasteiger partial charge < -0.3 is 5.32 Å². The molecular weight excluding hydrogens is 350 g/mol. The Morgan fingerprint density at radius 1 is 0.931 bits per heavy atom. The van der Waals surface area contributed by atoms with Crippen molar-refractivity contribution in [1.29, 1.82) is 0 Å². The van der Waals surface area contributed by atoms with Crippen molar-refractivity contribution < 1.29 is 0 Å². The smallest absolute Gasteiger partial charge is 0.00310 e. The Labute approximate surface area is 181 Å². The van der Waals surface area contributed by atoms with Gasteiger partial charge in [0, 0.05) is 12.7 Å². The van der Waals surface area contributed by atoms with E-state index in [2.05, 4.69) is 88.3 Å². The summed E-state index contributed by atoms with van der Waals surface area (Å²) in [6.07, 6.45) is 15.9. The second-order valence-corrected chi connectivity index (χ2v) is 7.67. The summed E-state index contributed by atoms with van der Waals surface area (Å²) in [5, 5.41) is 3.07. The summed E-state index contributed by atoms with van der Waals surface area (Å²) in [6.45, 7) is 17.9. The first-order valence-corrected chi connectivity index (χ1v) is 10.9. The third-order valence-corrected chi connectivity index (χ3v) is 4.86. The van der Waals surface area contributed by atoms with E-state index >= 15 is 0 Å². The minimum absolute atomic E-state index is 1.05. The molecule has 1 nitrogen and oxygen atoms in total. The van der Waals surface area contributed by atoms with Gasteiger partial charge in [0.2, 0.25) is 0 Å². The highest BCUT2D eigenvalue weighted by atomic mass is 14.8. The molecule has 0 atom stereocenters. The molecule has 1 rings (SSSR count). The minimum Gasteiger partial charge on any atom is -0.392 e. The molecule has 0 unspecified atom stereocenters. The monoisotopic (exact) mass is 393 g/mol. The summed E-state index contributed by atoms with van der Waals surface area (Å²) in [5.41, 5.74) is 6.44. The van der Waals surface area contributed by atoms with Crippen molar-refractivity contribution in [2.45, 2.75) is 72.1 Å². The van der Waals surface area contributed by atoms with Crippen LogP contribution < -0.4 is 5.32 Å². The molecule has 0 aromatic heterocycles. The Kier molecular flexibility index (Phi) is 16.4. The van der Waals surface area contributed by atoms with E-state index in [-0.39, 0.29) is 0 Å². The molecule has 0 bridgehead atoms.